The summed E-state index contributed by atoms with van der Waals surface area (Å²) in [7, 11) is 0. The number of nitrogen functional groups attached to an aromatic ring is 1. The van der Waals surface area contributed by atoms with Crippen molar-refractivity contribution in [2.75, 3.05) is 25.4 Å². The molecular formula is C15H20N8O3. The van der Waals surface area contributed by atoms with Crippen LogP contribution >= 0.6 is 0 Å². The third-order valence-electron chi connectivity index (χ3n) is 4.66. The van der Waals surface area contributed by atoms with E-state index >= 15 is 0 Å². The lowest BCUT2D eigenvalue weighted by molar-refractivity contribution is -0.107. The van der Waals surface area contributed by atoms with Crippen molar-refractivity contribution in [2.24, 2.45) is 9.98 Å². The number of nitrogens with zero attached hydrogens (tertiary/aromatic N) is 6. The van der Waals surface area contributed by atoms with Crippen molar-refractivity contribution < 1.29 is 14.9 Å². The van der Waals surface area contributed by atoms with Crippen molar-refractivity contribution in [1.82, 2.24) is 24.8 Å². The van der Waals surface area contributed by atoms with E-state index in [0.717, 1.165) is 6.42 Å². The van der Waals surface area contributed by atoms with Crippen LogP contribution in [0.5, 0.6) is 0 Å². The van der Waals surface area contributed by atoms with Crippen LogP contribution in [0, 0.1) is 0 Å². The standard InChI is InChI=1S/C15H20N8O3/c16-13-11-14(21-7-20-13)23(8-22-11)15(25)5-26-10(12(15)24)4-17-2-1-9-3-18-6-19-9/h3,6-10,12,17,24-25H,1-2,4-5H2,(H2,16,20,21). The molecule has 0 saturated carbocycles. The van der Waals surface area contributed by atoms with Gasteiger partial charge in [0.15, 0.2) is 17.2 Å². The highest BCUT2D eigenvalue weighted by Crippen LogP contribution is 2.32. The predicted octanol–water partition coefficient (Wildman–Crippen LogP) is -1.73. The molecule has 2 aromatic heterocycles. The van der Waals surface area contributed by atoms with E-state index in [1.54, 1.807) is 12.6 Å². The molecule has 11 nitrogen and oxygen atoms in total. The van der Waals surface area contributed by atoms with Gasteiger partial charge in [0.2, 0.25) is 0 Å². The van der Waals surface area contributed by atoms with E-state index < -0.39 is 17.9 Å². The van der Waals surface area contributed by atoms with Gasteiger partial charge in [-0.05, 0) is 13.0 Å². The molecule has 1 saturated heterocycles. The topological polar surface area (TPSA) is 156 Å². The molecule has 138 valence electrons. The van der Waals surface area contributed by atoms with E-state index in [-0.39, 0.29) is 18.5 Å². The molecule has 0 amide bonds. The number of aliphatic hydroxyl groups is 2. The van der Waals surface area contributed by atoms with Gasteiger partial charge in [-0.25, -0.2) is 19.9 Å². The Labute approximate surface area is 148 Å². The van der Waals surface area contributed by atoms with E-state index in [0.29, 0.717) is 24.3 Å². The maximum Gasteiger partial charge on any atom is 0.197 e. The molecule has 0 aliphatic carbocycles. The van der Waals surface area contributed by atoms with Crippen LogP contribution in [0.3, 0.4) is 0 Å². The Bertz CT molecular complexity index is 841. The number of aliphatic hydroxyl groups excluding tert-OH is 1. The number of hydrogen-bond acceptors (Lipinski definition) is 10. The number of anilines is 1. The molecule has 2 aliphatic rings. The molecule has 5 N–H and O–H groups in total. The quantitative estimate of drug-likeness (QED) is 0.443. The zero-order chi connectivity index (χ0) is 18.1. The highest BCUT2D eigenvalue weighted by molar-refractivity contribution is 5.82. The number of aromatic nitrogens is 4. The van der Waals surface area contributed by atoms with Crippen molar-refractivity contribution in [2.45, 2.75) is 30.4 Å². The normalized spacial score (nSPS) is 30.6. The number of fused-ring (bicyclic) bond motifs is 1. The molecule has 0 aromatic carbocycles. The number of rotatable bonds is 6. The van der Waals surface area contributed by atoms with Crippen molar-refractivity contribution >= 4 is 29.5 Å². The van der Waals surface area contributed by atoms with Crippen LogP contribution < -0.4 is 11.1 Å². The molecule has 26 heavy (non-hydrogen) atoms. The number of nitrogens with one attached hydrogen (secondary N) is 1. The second-order valence-corrected chi connectivity index (χ2v) is 6.34. The van der Waals surface area contributed by atoms with Crippen molar-refractivity contribution in [3.8, 4) is 0 Å². The van der Waals surface area contributed by atoms with Gasteiger partial charge in [0.05, 0.1) is 19.0 Å². The van der Waals surface area contributed by atoms with Crippen LogP contribution in [0.4, 0.5) is 5.82 Å². The van der Waals surface area contributed by atoms with E-state index in [1.165, 1.54) is 17.2 Å². The lowest BCUT2D eigenvalue weighted by Crippen LogP contribution is -2.48. The fourth-order valence-electron chi connectivity index (χ4n) is 3.17. The van der Waals surface area contributed by atoms with Gasteiger partial charge in [0.25, 0.3) is 0 Å². The summed E-state index contributed by atoms with van der Waals surface area (Å²) in [6, 6.07) is 0.0938. The molecule has 4 atom stereocenters. The molecule has 11 heteroatoms. The third-order valence-corrected chi connectivity index (χ3v) is 4.66. The van der Waals surface area contributed by atoms with Gasteiger partial charge in [0, 0.05) is 12.8 Å². The number of ether oxygens (including phenoxy) is 1. The summed E-state index contributed by atoms with van der Waals surface area (Å²) in [4.78, 5) is 20.2. The van der Waals surface area contributed by atoms with Gasteiger partial charge in [0.1, 0.15) is 30.4 Å². The third kappa shape index (κ3) is 2.84. The first-order valence-electron chi connectivity index (χ1n) is 8.31. The SMILES string of the molecule is Nc1ncnc2c1ncn2C1(O)COC(CNCCC2C=NC=N2)C1O. The fourth-order valence-corrected chi connectivity index (χ4v) is 3.17. The summed E-state index contributed by atoms with van der Waals surface area (Å²) in [5.74, 6) is 0.210. The molecule has 4 rings (SSSR count). The van der Waals surface area contributed by atoms with E-state index in [4.69, 9.17) is 10.5 Å². The van der Waals surface area contributed by atoms with Crippen LogP contribution in [0.1, 0.15) is 6.42 Å². The van der Waals surface area contributed by atoms with Crippen LogP contribution in [-0.2, 0) is 10.5 Å². The second-order valence-electron chi connectivity index (χ2n) is 6.34. The summed E-state index contributed by atoms with van der Waals surface area (Å²) in [5, 5.41) is 24.8. The van der Waals surface area contributed by atoms with Gasteiger partial charge in [-0.3, -0.25) is 9.56 Å². The van der Waals surface area contributed by atoms with E-state index in [9.17, 15) is 10.2 Å². The maximum atomic E-state index is 11.0. The van der Waals surface area contributed by atoms with Crippen LogP contribution in [0.15, 0.2) is 22.6 Å². The summed E-state index contributed by atoms with van der Waals surface area (Å²) in [6.45, 7) is 0.993. The summed E-state index contributed by atoms with van der Waals surface area (Å²) in [5.41, 5.74) is 4.81. The van der Waals surface area contributed by atoms with Gasteiger partial charge in [-0.15, -0.1) is 0 Å². The van der Waals surface area contributed by atoms with E-state index in [1.807, 2.05) is 0 Å². The monoisotopic (exact) mass is 360 g/mol. The van der Waals surface area contributed by atoms with Crippen LogP contribution in [-0.4, -0.2) is 80.2 Å². The lowest BCUT2D eigenvalue weighted by Gasteiger charge is -2.28. The summed E-state index contributed by atoms with van der Waals surface area (Å²) >= 11 is 0. The molecule has 2 aromatic rings. The molecule has 0 spiro atoms. The highest BCUT2D eigenvalue weighted by atomic mass is 16.5. The molecule has 4 unspecified atom stereocenters. The first kappa shape index (κ1) is 17.0. The number of hydrogen-bond donors (Lipinski definition) is 4. The highest BCUT2D eigenvalue weighted by Gasteiger charge is 2.50. The van der Waals surface area contributed by atoms with Gasteiger partial charge in [-0.1, -0.05) is 0 Å². The lowest BCUT2D eigenvalue weighted by atomic mass is 10.1. The van der Waals surface area contributed by atoms with Crippen molar-refractivity contribution in [3.05, 3.63) is 12.7 Å². The first-order chi connectivity index (χ1) is 12.6. The molecule has 2 aliphatic heterocycles. The Balaban J connectivity index is 1.42. The number of imidazole rings is 1. The Kier molecular flexibility index (Phi) is 4.36. The van der Waals surface area contributed by atoms with Gasteiger partial charge >= 0.3 is 0 Å². The average molecular weight is 360 g/mol. The zero-order valence-corrected chi connectivity index (χ0v) is 13.9. The molecular weight excluding hydrogens is 340 g/mol. The number of nitrogens with two attached hydrogens (primary N) is 1. The van der Waals surface area contributed by atoms with Gasteiger partial charge in [-0.2, -0.15) is 0 Å². The van der Waals surface area contributed by atoms with Crippen molar-refractivity contribution in [3.63, 3.8) is 0 Å². The zero-order valence-electron chi connectivity index (χ0n) is 13.9. The van der Waals surface area contributed by atoms with Crippen LogP contribution in [0.25, 0.3) is 11.2 Å². The number of aliphatic imine (C=N–C) groups is 2. The fraction of sp³-hybridized carbons (Fsp3) is 0.533. The summed E-state index contributed by atoms with van der Waals surface area (Å²) in [6.07, 6.45) is 5.08. The molecule has 4 heterocycles. The maximum absolute atomic E-state index is 11.0. The first-order valence-corrected chi connectivity index (χ1v) is 8.31. The summed E-state index contributed by atoms with van der Waals surface area (Å²) < 4.78 is 7.00. The smallest absolute Gasteiger partial charge is 0.197 e. The minimum Gasteiger partial charge on any atom is -0.385 e. The minimum absolute atomic E-state index is 0.0878. The predicted molar refractivity (Wildman–Crippen MR) is 93.9 cm³/mol. The molecule has 0 bridgehead atoms. The van der Waals surface area contributed by atoms with Gasteiger partial charge < -0.3 is 26.0 Å². The Hall–Kier alpha value is -2.47. The Morgan fingerprint density at radius 1 is 1.38 bits per heavy atom. The van der Waals surface area contributed by atoms with E-state index in [2.05, 4.69) is 30.3 Å². The Morgan fingerprint density at radius 3 is 3.08 bits per heavy atom. The largest absolute Gasteiger partial charge is 0.385 e. The molecule has 0 radical (unpaired) electrons. The average Bonchev–Trinajstić information content (AvgIpc) is 3.35. The molecule has 1 fully saturated rings. The minimum atomic E-state index is -1.68. The van der Waals surface area contributed by atoms with Crippen molar-refractivity contribution in [1.29, 1.82) is 0 Å². The Morgan fingerprint density at radius 2 is 2.27 bits per heavy atom. The van der Waals surface area contributed by atoms with Crippen LogP contribution in [0.2, 0.25) is 0 Å². The second kappa shape index (κ2) is 6.68.